The SMILES string of the molecule is CCc1ccc(CC)c(C(=O)c2ccc3c(c2)CCC3)c1. The molecule has 1 heteroatoms. The lowest BCUT2D eigenvalue weighted by atomic mass is 9.93. The third kappa shape index (κ3) is 2.65. The highest BCUT2D eigenvalue weighted by atomic mass is 16.1. The molecular formula is C20H22O. The van der Waals surface area contributed by atoms with Gasteiger partial charge in [0.05, 0.1) is 0 Å². The number of benzene rings is 2. The molecule has 2 aromatic rings. The van der Waals surface area contributed by atoms with E-state index in [1.807, 2.05) is 6.07 Å². The van der Waals surface area contributed by atoms with E-state index in [-0.39, 0.29) is 5.78 Å². The summed E-state index contributed by atoms with van der Waals surface area (Å²) in [7, 11) is 0. The van der Waals surface area contributed by atoms with Gasteiger partial charge in [0.25, 0.3) is 0 Å². The van der Waals surface area contributed by atoms with Gasteiger partial charge in [-0.15, -0.1) is 0 Å². The maximum atomic E-state index is 12.9. The number of aryl methyl sites for hydroxylation is 4. The summed E-state index contributed by atoms with van der Waals surface area (Å²) in [6.45, 7) is 4.24. The maximum Gasteiger partial charge on any atom is 0.193 e. The van der Waals surface area contributed by atoms with Crippen molar-refractivity contribution in [3.63, 3.8) is 0 Å². The monoisotopic (exact) mass is 278 g/mol. The molecule has 0 saturated heterocycles. The highest BCUT2D eigenvalue weighted by Crippen LogP contribution is 2.25. The van der Waals surface area contributed by atoms with E-state index >= 15 is 0 Å². The molecule has 0 amide bonds. The molecule has 0 bridgehead atoms. The van der Waals surface area contributed by atoms with Gasteiger partial charge in [0.2, 0.25) is 0 Å². The van der Waals surface area contributed by atoms with Crippen LogP contribution in [0.25, 0.3) is 0 Å². The Bertz CT molecular complexity index is 682. The quantitative estimate of drug-likeness (QED) is 0.751. The summed E-state index contributed by atoms with van der Waals surface area (Å²) < 4.78 is 0. The number of carbonyl (C=O) groups is 1. The lowest BCUT2D eigenvalue weighted by Gasteiger charge is -2.10. The minimum Gasteiger partial charge on any atom is -0.289 e. The van der Waals surface area contributed by atoms with Crippen LogP contribution in [0, 0.1) is 0 Å². The van der Waals surface area contributed by atoms with Gasteiger partial charge in [-0.2, -0.15) is 0 Å². The Labute approximate surface area is 127 Å². The van der Waals surface area contributed by atoms with Gasteiger partial charge < -0.3 is 0 Å². The lowest BCUT2D eigenvalue weighted by Crippen LogP contribution is -2.07. The van der Waals surface area contributed by atoms with Crippen LogP contribution in [0.4, 0.5) is 0 Å². The summed E-state index contributed by atoms with van der Waals surface area (Å²) in [5.74, 6) is 0.178. The van der Waals surface area contributed by atoms with Gasteiger partial charge in [0, 0.05) is 11.1 Å². The second-order valence-corrected chi connectivity index (χ2v) is 5.86. The highest BCUT2D eigenvalue weighted by molar-refractivity contribution is 6.10. The summed E-state index contributed by atoms with van der Waals surface area (Å²) in [6.07, 6.45) is 5.37. The lowest BCUT2D eigenvalue weighted by molar-refractivity contribution is 0.103. The third-order valence-electron chi connectivity index (χ3n) is 4.57. The minimum atomic E-state index is 0.178. The molecule has 0 aliphatic heterocycles. The van der Waals surface area contributed by atoms with Gasteiger partial charge in [-0.05, 0) is 66.5 Å². The number of carbonyl (C=O) groups excluding carboxylic acids is 1. The predicted octanol–water partition coefficient (Wildman–Crippen LogP) is 4.53. The molecule has 1 aliphatic rings. The van der Waals surface area contributed by atoms with Crippen LogP contribution in [0.3, 0.4) is 0 Å². The van der Waals surface area contributed by atoms with Gasteiger partial charge >= 0.3 is 0 Å². The molecule has 0 unspecified atom stereocenters. The zero-order valence-corrected chi connectivity index (χ0v) is 12.9. The summed E-state index contributed by atoms with van der Waals surface area (Å²) in [4.78, 5) is 12.9. The van der Waals surface area contributed by atoms with Crippen LogP contribution in [0.1, 0.15) is 58.4 Å². The van der Waals surface area contributed by atoms with Crippen molar-refractivity contribution in [2.75, 3.05) is 0 Å². The molecule has 0 N–H and O–H groups in total. The third-order valence-corrected chi connectivity index (χ3v) is 4.57. The summed E-state index contributed by atoms with van der Waals surface area (Å²) in [6, 6.07) is 12.6. The molecule has 1 aliphatic carbocycles. The first-order valence-corrected chi connectivity index (χ1v) is 8.01. The van der Waals surface area contributed by atoms with E-state index in [1.165, 1.54) is 23.1 Å². The number of hydrogen-bond acceptors (Lipinski definition) is 1. The first kappa shape index (κ1) is 14.1. The molecule has 0 heterocycles. The Hall–Kier alpha value is -1.89. The second-order valence-electron chi connectivity index (χ2n) is 5.86. The number of fused-ring (bicyclic) bond motifs is 1. The molecule has 21 heavy (non-hydrogen) atoms. The molecule has 0 atom stereocenters. The molecule has 0 radical (unpaired) electrons. The summed E-state index contributed by atoms with van der Waals surface area (Å²) in [5.41, 5.74) is 6.90. The zero-order valence-electron chi connectivity index (χ0n) is 12.9. The van der Waals surface area contributed by atoms with Crippen molar-refractivity contribution in [3.8, 4) is 0 Å². The van der Waals surface area contributed by atoms with Gasteiger partial charge in [-0.25, -0.2) is 0 Å². The average Bonchev–Trinajstić information content (AvgIpc) is 3.01. The fourth-order valence-corrected chi connectivity index (χ4v) is 3.23. The summed E-state index contributed by atoms with van der Waals surface area (Å²) in [5, 5.41) is 0. The minimum absolute atomic E-state index is 0.178. The maximum absolute atomic E-state index is 12.9. The van der Waals surface area contributed by atoms with Crippen LogP contribution in [0.15, 0.2) is 36.4 Å². The van der Waals surface area contributed by atoms with Crippen molar-refractivity contribution in [2.45, 2.75) is 46.0 Å². The van der Waals surface area contributed by atoms with Crippen molar-refractivity contribution in [1.82, 2.24) is 0 Å². The second kappa shape index (κ2) is 5.85. The fraction of sp³-hybridized carbons (Fsp3) is 0.350. The topological polar surface area (TPSA) is 17.1 Å². The van der Waals surface area contributed by atoms with Crippen molar-refractivity contribution >= 4 is 5.78 Å². The Morgan fingerprint density at radius 3 is 2.52 bits per heavy atom. The molecule has 1 nitrogen and oxygen atoms in total. The van der Waals surface area contributed by atoms with Crippen LogP contribution in [-0.2, 0) is 25.7 Å². The van der Waals surface area contributed by atoms with Crippen LogP contribution >= 0.6 is 0 Å². The van der Waals surface area contributed by atoms with Crippen LogP contribution < -0.4 is 0 Å². The van der Waals surface area contributed by atoms with E-state index in [1.54, 1.807) is 0 Å². The Balaban J connectivity index is 2.01. The molecular weight excluding hydrogens is 256 g/mol. The van der Waals surface area contributed by atoms with Crippen LogP contribution in [-0.4, -0.2) is 5.78 Å². The number of rotatable bonds is 4. The van der Waals surface area contributed by atoms with Gasteiger partial charge in [-0.1, -0.05) is 38.1 Å². The van der Waals surface area contributed by atoms with Gasteiger partial charge in [-0.3, -0.25) is 4.79 Å². The highest BCUT2D eigenvalue weighted by Gasteiger charge is 2.17. The van der Waals surface area contributed by atoms with E-state index in [4.69, 9.17) is 0 Å². The molecule has 0 spiro atoms. The van der Waals surface area contributed by atoms with Crippen molar-refractivity contribution in [2.24, 2.45) is 0 Å². The predicted molar refractivity (Wildman–Crippen MR) is 87.1 cm³/mol. The fourth-order valence-electron chi connectivity index (χ4n) is 3.23. The Morgan fingerprint density at radius 1 is 0.952 bits per heavy atom. The van der Waals surface area contributed by atoms with Crippen molar-refractivity contribution in [1.29, 1.82) is 0 Å². The van der Waals surface area contributed by atoms with Gasteiger partial charge in [0.15, 0.2) is 5.78 Å². The smallest absolute Gasteiger partial charge is 0.193 e. The molecule has 108 valence electrons. The standard InChI is InChI=1S/C20H22O/c1-3-14-8-9-15(4-2)19(12-14)20(21)18-11-10-16-6-5-7-17(16)13-18/h8-13H,3-7H2,1-2H3. The molecule has 0 saturated carbocycles. The van der Waals surface area contributed by atoms with Crippen LogP contribution in [0.5, 0.6) is 0 Å². The largest absolute Gasteiger partial charge is 0.289 e. The Kier molecular flexibility index (Phi) is 3.92. The molecule has 3 rings (SSSR count). The first-order chi connectivity index (χ1) is 10.2. The number of hydrogen-bond donors (Lipinski definition) is 0. The van der Waals surface area contributed by atoms with Crippen LogP contribution in [0.2, 0.25) is 0 Å². The van der Waals surface area contributed by atoms with E-state index < -0.39 is 0 Å². The normalized spacial score (nSPS) is 13.2. The molecule has 0 fully saturated rings. The first-order valence-electron chi connectivity index (χ1n) is 8.01. The molecule has 2 aromatic carbocycles. The zero-order chi connectivity index (χ0) is 14.8. The molecule has 0 aromatic heterocycles. The van der Waals surface area contributed by atoms with Gasteiger partial charge in [0.1, 0.15) is 0 Å². The Morgan fingerprint density at radius 2 is 1.76 bits per heavy atom. The van der Waals surface area contributed by atoms with Crippen molar-refractivity contribution in [3.05, 3.63) is 69.8 Å². The average molecular weight is 278 g/mol. The number of ketones is 1. The van der Waals surface area contributed by atoms with E-state index in [2.05, 4.69) is 44.2 Å². The van der Waals surface area contributed by atoms with E-state index in [0.29, 0.717) is 0 Å². The van der Waals surface area contributed by atoms with Crippen molar-refractivity contribution < 1.29 is 4.79 Å². The van der Waals surface area contributed by atoms with E-state index in [9.17, 15) is 4.79 Å². The summed E-state index contributed by atoms with van der Waals surface area (Å²) >= 11 is 0. The van der Waals surface area contributed by atoms with E-state index in [0.717, 1.165) is 42.4 Å².